The summed E-state index contributed by atoms with van der Waals surface area (Å²) in [5.74, 6) is 0.750. The molecule has 1 aliphatic heterocycles. The summed E-state index contributed by atoms with van der Waals surface area (Å²) >= 11 is 0. The minimum atomic E-state index is 0.282. The first-order chi connectivity index (χ1) is 7.23. The maximum atomic E-state index is 3.69. The summed E-state index contributed by atoms with van der Waals surface area (Å²) in [7, 11) is 0. The van der Waals surface area contributed by atoms with Crippen LogP contribution < -0.4 is 5.32 Å². The molecule has 2 rings (SSSR count). The first-order valence-electron chi connectivity index (χ1n) is 6.74. The molecular weight excluding hydrogens is 196 g/mol. The lowest BCUT2D eigenvalue weighted by molar-refractivity contribution is 0.0525. The molecule has 1 heterocycles. The van der Waals surface area contributed by atoms with Crippen molar-refractivity contribution in [2.24, 2.45) is 11.3 Å². The minimum absolute atomic E-state index is 0.282. The van der Waals surface area contributed by atoms with Gasteiger partial charge in [-0.05, 0) is 31.6 Å². The third-order valence-electron chi connectivity index (χ3n) is 4.42. The van der Waals surface area contributed by atoms with Crippen molar-refractivity contribution in [3.63, 3.8) is 0 Å². The molecule has 2 atom stereocenters. The highest BCUT2D eigenvalue weighted by atomic mass is 15.3. The van der Waals surface area contributed by atoms with Crippen LogP contribution in [0.2, 0.25) is 0 Å². The molecule has 1 aliphatic carbocycles. The highest BCUT2D eigenvalue weighted by Gasteiger charge is 2.53. The molecule has 1 saturated carbocycles. The van der Waals surface area contributed by atoms with Gasteiger partial charge in [0.15, 0.2) is 0 Å². The maximum Gasteiger partial charge on any atom is 0.0253 e. The average molecular weight is 224 g/mol. The van der Waals surface area contributed by atoms with Crippen molar-refractivity contribution in [1.82, 2.24) is 10.2 Å². The van der Waals surface area contributed by atoms with Gasteiger partial charge in [0.05, 0.1) is 0 Å². The Kier molecular flexibility index (Phi) is 2.87. The molecule has 0 aromatic rings. The summed E-state index contributed by atoms with van der Waals surface area (Å²) in [6.07, 6.45) is 1.38. The zero-order chi connectivity index (χ0) is 12.1. The smallest absolute Gasteiger partial charge is 0.0253 e. The van der Waals surface area contributed by atoms with Crippen LogP contribution in [-0.2, 0) is 0 Å². The first kappa shape index (κ1) is 12.4. The predicted molar refractivity (Wildman–Crippen MR) is 69.6 cm³/mol. The average Bonchev–Trinajstić information content (AvgIpc) is 2.72. The van der Waals surface area contributed by atoms with E-state index >= 15 is 0 Å². The molecule has 0 amide bonds. The summed E-state index contributed by atoms with van der Waals surface area (Å²) in [6, 6.07) is 1.54. The molecule has 16 heavy (non-hydrogen) atoms. The van der Waals surface area contributed by atoms with E-state index in [0.29, 0.717) is 5.41 Å². The molecule has 0 aromatic carbocycles. The van der Waals surface area contributed by atoms with Crippen molar-refractivity contribution >= 4 is 0 Å². The molecule has 2 unspecified atom stereocenters. The number of nitrogens with one attached hydrogen (secondary N) is 1. The molecule has 0 aromatic heterocycles. The molecule has 1 saturated heterocycles. The van der Waals surface area contributed by atoms with Crippen LogP contribution in [0.25, 0.3) is 0 Å². The Labute approximate surface area is 101 Å². The Hall–Kier alpha value is -0.0800. The zero-order valence-electron chi connectivity index (χ0n) is 11.8. The third-order valence-corrected chi connectivity index (χ3v) is 4.42. The SMILES string of the molecule is CC(C)C1CNC(C)(C)CN1C1CC1(C)C. The molecule has 2 aliphatic rings. The van der Waals surface area contributed by atoms with Crippen LogP contribution in [0.1, 0.15) is 48.0 Å². The number of piperazine rings is 1. The van der Waals surface area contributed by atoms with Crippen LogP contribution in [0.4, 0.5) is 0 Å². The Morgan fingerprint density at radius 3 is 2.19 bits per heavy atom. The lowest BCUT2D eigenvalue weighted by Gasteiger charge is -2.47. The van der Waals surface area contributed by atoms with Crippen LogP contribution in [0.5, 0.6) is 0 Å². The molecular formula is C14H28N2. The quantitative estimate of drug-likeness (QED) is 0.775. The van der Waals surface area contributed by atoms with Gasteiger partial charge in [0.1, 0.15) is 0 Å². The van der Waals surface area contributed by atoms with E-state index < -0.39 is 0 Å². The van der Waals surface area contributed by atoms with Crippen molar-refractivity contribution in [2.75, 3.05) is 13.1 Å². The van der Waals surface area contributed by atoms with Crippen LogP contribution in [0, 0.1) is 11.3 Å². The molecule has 0 radical (unpaired) electrons. The Morgan fingerprint density at radius 2 is 1.75 bits per heavy atom. The third kappa shape index (κ3) is 2.28. The molecule has 94 valence electrons. The summed E-state index contributed by atoms with van der Waals surface area (Å²) in [5.41, 5.74) is 0.838. The largest absolute Gasteiger partial charge is 0.309 e. The number of hydrogen-bond acceptors (Lipinski definition) is 2. The van der Waals surface area contributed by atoms with Crippen molar-refractivity contribution in [3.8, 4) is 0 Å². The topological polar surface area (TPSA) is 15.3 Å². The standard InChI is InChI=1S/C14H28N2/c1-10(2)11-8-15-14(5,6)9-16(11)12-7-13(12,3)4/h10-12,15H,7-9H2,1-6H3. The van der Waals surface area contributed by atoms with E-state index in [2.05, 4.69) is 51.8 Å². The van der Waals surface area contributed by atoms with Crippen LogP contribution in [0.3, 0.4) is 0 Å². The van der Waals surface area contributed by atoms with Crippen molar-refractivity contribution in [3.05, 3.63) is 0 Å². The second-order valence-corrected chi connectivity index (χ2v) is 7.46. The zero-order valence-corrected chi connectivity index (χ0v) is 11.8. The van der Waals surface area contributed by atoms with Crippen molar-refractivity contribution < 1.29 is 0 Å². The summed E-state index contributed by atoms with van der Waals surface area (Å²) < 4.78 is 0. The van der Waals surface area contributed by atoms with Gasteiger partial charge in [0.2, 0.25) is 0 Å². The van der Waals surface area contributed by atoms with E-state index in [-0.39, 0.29) is 5.54 Å². The first-order valence-corrected chi connectivity index (χ1v) is 6.74. The predicted octanol–water partition coefficient (Wildman–Crippen LogP) is 2.49. The Morgan fingerprint density at radius 1 is 1.19 bits per heavy atom. The van der Waals surface area contributed by atoms with E-state index in [9.17, 15) is 0 Å². The van der Waals surface area contributed by atoms with Crippen LogP contribution in [-0.4, -0.2) is 35.6 Å². The summed E-state index contributed by atoms with van der Waals surface area (Å²) in [6.45, 7) is 16.5. The van der Waals surface area contributed by atoms with E-state index in [1.807, 2.05) is 0 Å². The summed E-state index contributed by atoms with van der Waals surface area (Å²) in [5, 5.41) is 3.69. The second-order valence-electron chi connectivity index (χ2n) is 7.46. The fraction of sp³-hybridized carbons (Fsp3) is 1.00. The van der Waals surface area contributed by atoms with E-state index in [1.165, 1.54) is 13.0 Å². The van der Waals surface area contributed by atoms with Gasteiger partial charge in [-0.25, -0.2) is 0 Å². The lowest BCUT2D eigenvalue weighted by Crippen LogP contribution is -2.63. The second kappa shape index (κ2) is 3.71. The summed E-state index contributed by atoms with van der Waals surface area (Å²) in [4.78, 5) is 2.78. The van der Waals surface area contributed by atoms with Gasteiger partial charge in [-0.1, -0.05) is 27.7 Å². The van der Waals surface area contributed by atoms with Gasteiger partial charge in [0, 0.05) is 30.7 Å². The number of rotatable bonds is 2. The number of nitrogens with zero attached hydrogens (tertiary/aromatic N) is 1. The van der Waals surface area contributed by atoms with Gasteiger partial charge >= 0.3 is 0 Å². The van der Waals surface area contributed by atoms with Crippen molar-refractivity contribution in [1.29, 1.82) is 0 Å². The molecule has 2 fully saturated rings. The van der Waals surface area contributed by atoms with Gasteiger partial charge in [-0.3, -0.25) is 4.90 Å². The molecule has 0 bridgehead atoms. The molecule has 2 nitrogen and oxygen atoms in total. The molecule has 1 N–H and O–H groups in total. The van der Waals surface area contributed by atoms with Gasteiger partial charge in [0.25, 0.3) is 0 Å². The normalized spacial score (nSPS) is 37.7. The van der Waals surface area contributed by atoms with Gasteiger partial charge < -0.3 is 5.32 Å². The Balaban J connectivity index is 2.10. The molecule has 0 spiro atoms. The highest BCUT2D eigenvalue weighted by molar-refractivity contribution is 5.08. The van der Waals surface area contributed by atoms with Crippen LogP contribution >= 0.6 is 0 Å². The maximum absolute atomic E-state index is 3.69. The highest BCUT2D eigenvalue weighted by Crippen LogP contribution is 2.50. The van der Waals surface area contributed by atoms with Crippen LogP contribution in [0.15, 0.2) is 0 Å². The van der Waals surface area contributed by atoms with Crippen molar-refractivity contribution in [2.45, 2.75) is 65.6 Å². The molecule has 2 heteroatoms. The van der Waals surface area contributed by atoms with E-state index in [0.717, 1.165) is 24.5 Å². The van der Waals surface area contributed by atoms with E-state index in [4.69, 9.17) is 0 Å². The monoisotopic (exact) mass is 224 g/mol. The fourth-order valence-corrected chi connectivity index (χ4v) is 3.09. The Bertz CT molecular complexity index is 268. The fourth-order valence-electron chi connectivity index (χ4n) is 3.09. The van der Waals surface area contributed by atoms with E-state index in [1.54, 1.807) is 0 Å². The van der Waals surface area contributed by atoms with Gasteiger partial charge in [-0.2, -0.15) is 0 Å². The minimum Gasteiger partial charge on any atom is -0.309 e. The number of hydrogen-bond donors (Lipinski definition) is 1. The van der Waals surface area contributed by atoms with Gasteiger partial charge in [-0.15, -0.1) is 0 Å². The lowest BCUT2D eigenvalue weighted by atomic mass is 9.92.